The van der Waals surface area contributed by atoms with Gasteiger partial charge in [-0.25, -0.2) is 0 Å². The molecule has 2 aromatic rings. The summed E-state index contributed by atoms with van der Waals surface area (Å²) in [5.41, 5.74) is 2.34. The monoisotopic (exact) mass is 306 g/mol. The molecule has 116 valence electrons. The van der Waals surface area contributed by atoms with E-state index in [9.17, 15) is 9.59 Å². The molecule has 1 saturated heterocycles. The van der Waals surface area contributed by atoms with E-state index in [-0.39, 0.29) is 23.8 Å². The summed E-state index contributed by atoms with van der Waals surface area (Å²) in [6.45, 7) is 0. The minimum atomic E-state index is -0.400. The van der Waals surface area contributed by atoms with Crippen molar-refractivity contribution in [3.8, 4) is 0 Å². The first-order valence-corrected chi connectivity index (χ1v) is 8.53. The van der Waals surface area contributed by atoms with Gasteiger partial charge in [0.1, 0.15) is 0 Å². The molecule has 0 N–H and O–H groups in total. The fraction of sp³-hybridized carbons (Fsp3) is 0.400. The second kappa shape index (κ2) is 4.67. The molecule has 0 bridgehead atoms. The molecule has 0 radical (unpaired) electrons. The van der Waals surface area contributed by atoms with E-state index in [2.05, 4.69) is 24.3 Å². The van der Waals surface area contributed by atoms with E-state index in [0.29, 0.717) is 5.92 Å². The number of hydrogen-bond donors (Lipinski definition) is 0. The van der Waals surface area contributed by atoms with E-state index in [1.54, 1.807) is 0 Å². The summed E-state index contributed by atoms with van der Waals surface area (Å²) in [6, 6.07) is 12.5. The Labute approximate surface area is 134 Å². The number of fused-ring (bicyclic) bond motifs is 8. The standard InChI is InChI=1S/C20H18O3/c21-19-17-14-8-4-3-7-13(14)15-10-9-11-5-1-2-6-12(11)16(15)18(17)20(22)23-19/h1-2,5-6,9-10,13-14,17-18H,3-4,7-8H2/t13-,14-,17-,18+/m0/s1. The quantitative estimate of drug-likeness (QED) is 0.547. The molecule has 2 fully saturated rings. The summed E-state index contributed by atoms with van der Waals surface area (Å²) in [7, 11) is 0. The average Bonchev–Trinajstić information content (AvgIpc) is 2.89. The van der Waals surface area contributed by atoms with Gasteiger partial charge in [-0.3, -0.25) is 9.59 Å². The van der Waals surface area contributed by atoms with Crippen LogP contribution in [0.3, 0.4) is 0 Å². The highest BCUT2D eigenvalue weighted by atomic mass is 16.6. The molecule has 1 heterocycles. The molecule has 2 aliphatic carbocycles. The number of benzene rings is 2. The van der Waals surface area contributed by atoms with Crippen molar-refractivity contribution >= 4 is 22.7 Å². The molecule has 3 heteroatoms. The van der Waals surface area contributed by atoms with Crippen LogP contribution in [0.25, 0.3) is 10.8 Å². The van der Waals surface area contributed by atoms with Crippen molar-refractivity contribution in [1.82, 2.24) is 0 Å². The Hall–Kier alpha value is -2.16. The van der Waals surface area contributed by atoms with E-state index < -0.39 is 5.92 Å². The third-order valence-electron chi connectivity index (χ3n) is 6.08. The van der Waals surface area contributed by atoms with Crippen LogP contribution in [-0.2, 0) is 14.3 Å². The predicted molar refractivity (Wildman–Crippen MR) is 86.0 cm³/mol. The zero-order valence-electron chi connectivity index (χ0n) is 12.8. The zero-order valence-corrected chi connectivity index (χ0v) is 12.8. The van der Waals surface area contributed by atoms with Crippen LogP contribution < -0.4 is 0 Å². The topological polar surface area (TPSA) is 43.4 Å². The summed E-state index contributed by atoms with van der Waals surface area (Å²) in [5.74, 6) is -0.657. The number of ether oxygens (including phenoxy) is 1. The van der Waals surface area contributed by atoms with Crippen molar-refractivity contribution in [3.05, 3.63) is 47.5 Å². The summed E-state index contributed by atoms with van der Waals surface area (Å²) >= 11 is 0. The van der Waals surface area contributed by atoms with Crippen molar-refractivity contribution in [1.29, 1.82) is 0 Å². The minimum absolute atomic E-state index is 0.265. The molecule has 2 aromatic carbocycles. The second-order valence-electron chi connectivity index (χ2n) is 7.09. The van der Waals surface area contributed by atoms with E-state index in [4.69, 9.17) is 4.74 Å². The molecular weight excluding hydrogens is 288 g/mol. The Bertz CT molecular complexity index is 838. The van der Waals surface area contributed by atoms with Crippen molar-refractivity contribution in [2.45, 2.75) is 37.5 Å². The third kappa shape index (κ3) is 1.71. The predicted octanol–water partition coefficient (Wildman–Crippen LogP) is 3.91. The average molecular weight is 306 g/mol. The first-order chi connectivity index (χ1) is 11.3. The minimum Gasteiger partial charge on any atom is -0.392 e. The third-order valence-corrected chi connectivity index (χ3v) is 6.08. The molecule has 0 aromatic heterocycles. The number of hydrogen-bond acceptors (Lipinski definition) is 3. The van der Waals surface area contributed by atoms with Crippen molar-refractivity contribution in [2.75, 3.05) is 0 Å². The van der Waals surface area contributed by atoms with Gasteiger partial charge in [-0.1, -0.05) is 49.2 Å². The number of esters is 2. The number of cyclic esters (lactones) is 2. The van der Waals surface area contributed by atoms with Crippen LogP contribution >= 0.6 is 0 Å². The highest BCUT2D eigenvalue weighted by Crippen LogP contribution is 2.56. The lowest BCUT2D eigenvalue weighted by molar-refractivity contribution is -0.153. The summed E-state index contributed by atoms with van der Waals surface area (Å²) < 4.78 is 5.09. The van der Waals surface area contributed by atoms with E-state index in [1.165, 1.54) is 12.0 Å². The molecule has 23 heavy (non-hydrogen) atoms. The van der Waals surface area contributed by atoms with Crippen LogP contribution in [0, 0.1) is 11.8 Å². The SMILES string of the molecule is O=C1OC(=O)[C@@H]2c3c(ccc4ccccc34)[C@H]3CCCC[C@@H]3[C@H]12. The van der Waals surface area contributed by atoms with Gasteiger partial charge in [-0.2, -0.15) is 0 Å². The maximum Gasteiger partial charge on any atom is 0.321 e. The van der Waals surface area contributed by atoms with E-state index in [0.717, 1.165) is 35.6 Å². The van der Waals surface area contributed by atoms with Gasteiger partial charge in [-0.05, 0) is 46.6 Å². The summed E-state index contributed by atoms with van der Waals surface area (Å²) in [5, 5.41) is 2.24. The van der Waals surface area contributed by atoms with Gasteiger partial charge in [0.2, 0.25) is 0 Å². The molecule has 0 amide bonds. The van der Waals surface area contributed by atoms with Crippen molar-refractivity contribution < 1.29 is 14.3 Å². The van der Waals surface area contributed by atoms with Crippen molar-refractivity contribution in [3.63, 3.8) is 0 Å². The fourth-order valence-electron chi connectivity index (χ4n) is 5.19. The molecule has 1 saturated carbocycles. The Balaban J connectivity index is 1.83. The van der Waals surface area contributed by atoms with Gasteiger partial charge < -0.3 is 4.74 Å². The lowest BCUT2D eigenvalue weighted by Crippen LogP contribution is -2.37. The van der Waals surface area contributed by atoms with Crippen molar-refractivity contribution in [2.24, 2.45) is 11.8 Å². The van der Waals surface area contributed by atoms with Gasteiger partial charge in [0.15, 0.2) is 0 Å². The summed E-state index contributed by atoms with van der Waals surface area (Å²) in [6.07, 6.45) is 4.49. The van der Waals surface area contributed by atoms with Gasteiger partial charge in [0, 0.05) is 0 Å². The molecule has 5 rings (SSSR count). The Morgan fingerprint density at radius 3 is 2.65 bits per heavy atom. The van der Waals surface area contributed by atoms with Gasteiger partial charge in [0.05, 0.1) is 11.8 Å². The van der Waals surface area contributed by atoms with Crippen LogP contribution in [0.2, 0.25) is 0 Å². The first kappa shape index (κ1) is 13.3. The normalized spacial score (nSPS) is 32.2. The Morgan fingerprint density at radius 1 is 0.913 bits per heavy atom. The van der Waals surface area contributed by atoms with Gasteiger partial charge in [-0.15, -0.1) is 0 Å². The Kier molecular flexibility index (Phi) is 2.70. The summed E-state index contributed by atoms with van der Waals surface area (Å²) in [4.78, 5) is 24.8. The lowest BCUT2D eigenvalue weighted by atomic mass is 9.59. The van der Waals surface area contributed by atoms with Gasteiger partial charge in [0.25, 0.3) is 0 Å². The molecule has 3 aliphatic rings. The van der Waals surface area contributed by atoms with Crippen LogP contribution in [0.4, 0.5) is 0 Å². The van der Waals surface area contributed by atoms with E-state index >= 15 is 0 Å². The van der Waals surface area contributed by atoms with Crippen LogP contribution in [0.15, 0.2) is 36.4 Å². The van der Waals surface area contributed by atoms with Crippen LogP contribution in [0.5, 0.6) is 0 Å². The molecule has 0 spiro atoms. The maximum atomic E-state index is 12.5. The molecule has 4 atom stereocenters. The highest BCUT2D eigenvalue weighted by Gasteiger charge is 2.55. The van der Waals surface area contributed by atoms with E-state index in [1.807, 2.05) is 12.1 Å². The number of rotatable bonds is 0. The van der Waals surface area contributed by atoms with Crippen LogP contribution in [0.1, 0.15) is 48.6 Å². The molecule has 3 nitrogen and oxygen atoms in total. The zero-order chi connectivity index (χ0) is 15.6. The fourth-order valence-corrected chi connectivity index (χ4v) is 5.19. The molecule has 0 unspecified atom stereocenters. The first-order valence-electron chi connectivity index (χ1n) is 8.53. The number of carbonyl (C=O) groups excluding carboxylic acids is 2. The van der Waals surface area contributed by atoms with Crippen LogP contribution in [-0.4, -0.2) is 11.9 Å². The molecule has 1 aliphatic heterocycles. The lowest BCUT2D eigenvalue weighted by Gasteiger charge is -2.42. The largest absolute Gasteiger partial charge is 0.392 e. The molecular formula is C20H18O3. The number of carbonyl (C=O) groups is 2. The highest BCUT2D eigenvalue weighted by molar-refractivity contribution is 6.04. The maximum absolute atomic E-state index is 12.5. The smallest absolute Gasteiger partial charge is 0.321 e. The van der Waals surface area contributed by atoms with Gasteiger partial charge >= 0.3 is 11.9 Å². The second-order valence-corrected chi connectivity index (χ2v) is 7.09. The Morgan fingerprint density at radius 2 is 1.74 bits per heavy atom.